The average Bonchev–Trinajstić information content (AvgIpc) is 2.69. The van der Waals surface area contributed by atoms with Crippen molar-refractivity contribution in [3.8, 4) is 11.4 Å². The highest BCUT2D eigenvalue weighted by atomic mass is 19.1. The van der Waals surface area contributed by atoms with Crippen LogP contribution in [0.4, 0.5) is 17.6 Å². The second-order valence-electron chi connectivity index (χ2n) is 6.82. The van der Waals surface area contributed by atoms with Gasteiger partial charge in [0, 0.05) is 31.3 Å². The molecule has 1 aromatic heterocycles. The number of rotatable bonds is 6. The van der Waals surface area contributed by atoms with Gasteiger partial charge in [0.05, 0.1) is 5.56 Å². The van der Waals surface area contributed by atoms with Crippen LogP contribution in [0.15, 0.2) is 47.4 Å². The molecular formula is C22H18F4N2O3. The molecule has 162 valence electrons. The first kappa shape index (κ1) is 22.1. The number of amides is 1. The highest BCUT2D eigenvalue weighted by Gasteiger charge is 2.17. The largest absolute Gasteiger partial charge is 0.488 e. The minimum atomic E-state index is -0.982. The second-order valence-corrected chi connectivity index (χ2v) is 6.82. The number of ether oxygens (including phenoxy) is 1. The monoisotopic (exact) mass is 434 g/mol. The molecule has 0 aliphatic rings. The Bertz CT molecular complexity index is 1180. The Labute approximate surface area is 174 Å². The van der Waals surface area contributed by atoms with E-state index in [0.717, 1.165) is 29.0 Å². The molecule has 0 aliphatic carbocycles. The predicted molar refractivity (Wildman–Crippen MR) is 105 cm³/mol. The third kappa shape index (κ3) is 4.93. The lowest BCUT2D eigenvalue weighted by atomic mass is 10.1. The molecule has 2 aromatic carbocycles. The normalized spacial score (nSPS) is 10.8. The van der Waals surface area contributed by atoms with Crippen molar-refractivity contribution in [3.05, 3.63) is 92.9 Å². The Morgan fingerprint density at radius 2 is 1.71 bits per heavy atom. The molecule has 0 unspecified atom stereocenters. The fraction of sp³-hybridized carbons (Fsp3) is 0.182. The molecule has 31 heavy (non-hydrogen) atoms. The lowest BCUT2D eigenvalue weighted by Gasteiger charge is -2.14. The van der Waals surface area contributed by atoms with Crippen molar-refractivity contribution in [1.29, 1.82) is 0 Å². The number of aromatic nitrogens is 1. The molecule has 5 nitrogen and oxygen atoms in total. The molecule has 0 fully saturated rings. The standard InChI is InChI=1S/C22H18F4N2O3/c1-12-20(31-11-15-3-4-16(23)9-17(15)24)5-6-28(22(12)30)21-18(25)7-14(8-19(21)26)10-27-13(2)29/h3-9H,10-11H2,1-2H3,(H,27,29). The SMILES string of the molecule is CC(=O)NCc1cc(F)c(-n2ccc(OCc3ccc(F)cc3F)c(C)c2=O)c(F)c1. The van der Waals surface area contributed by atoms with Crippen molar-refractivity contribution < 1.29 is 27.1 Å². The lowest BCUT2D eigenvalue weighted by molar-refractivity contribution is -0.119. The Morgan fingerprint density at radius 1 is 1.03 bits per heavy atom. The predicted octanol–water partition coefficient (Wildman–Crippen LogP) is 3.92. The van der Waals surface area contributed by atoms with Crippen LogP contribution in [0, 0.1) is 30.2 Å². The van der Waals surface area contributed by atoms with Crippen LogP contribution in [0.25, 0.3) is 5.69 Å². The van der Waals surface area contributed by atoms with Gasteiger partial charge in [0.25, 0.3) is 5.56 Å². The van der Waals surface area contributed by atoms with Crippen molar-refractivity contribution in [2.24, 2.45) is 0 Å². The fourth-order valence-corrected chi connectivity index (χ4v) is 2.92. The molecule has 0 aliphatic heterocycles. The van der Waals surface area contributed by atoms with E-state index in [4.69, 9.17) is 4.74 Å². The van der Waals surface area contributed by atoms with Gasteiger partial charge in [-0.3, -0.25) is 14.2 Å². The van der Waals surface area contributed by atoms with Gasteiger partial charge in [-0.05, 0) is 42.8 Å². The molecule has 9 heteroatoms. The number of nitrogens with zero attached hydrogens (tertiary/aromatic N) is 1. The van der Waals surface area contributed by atoms with E-state index in [-0.39, 0.29) is 41.5 Å². The van der Waals surface area contributed by atoms with Crippen LogP contribution in [0.1, 0.15) is 23.6 Å². The maximum atomic E-state index is 14.6. The minimum absolute atomic E-state index is 0.0474. The summed E-state index contributed by atoms with van der Waals surface area (Å²) >= 11 is 0. The third-order valence-electron chi connectivity index (χ3n) is 4.54. The van der Waals surface area contributed by atoms with E-state index >= 15 is 0 Å². The van der Waals surface area contributed by atoms with Crippen LogP contribution in [0.2, 0.25) is 0 Å². The van der Waals surface area contributed by atoms with Crippen molar-refractivity contribution in [2.45, 2.75) is 27.0 Å². The molecule has 0 saturated carbocycles. The van der Waals surface area contributed by atoms with Gasteiger partial charge in [-0.25, -0.2) is 17.6 Å². The summed E-state index contributed by atoms with van der Waals surface area (Å²) in [5, 5.41) is 2.43. The maximum absolute atomic E-state index is 14.6. The van der Waals surface area contributed by atoms with Gasteiger partial charge < -0.3 is 10.1 Å². The first-order valence-electron chi connectivity index (χ1n) is 9.19. The zero-order chi connectivity index (χ0) is 22.7. The minimum Gasteiger partial charge on any atom is -0.488 e. The molecule has 0 radical (unpaired) electrons. The zero-order valence-corrected chi connectivity index (χ0v) is 16.6. The second kappa shape index (κ2) is 9.03. The highest BCUT2D eigenvalue weighted by molar-refractivity contribution is 5.72. The summed E-state index contributed by atoms with van der Waals surface area (Å²) in [5.41, 5.74) is -0.983. The van der Waals surface area contributed by atoms with E-state index in [9.17, 15) is 27.2 Å². The molecule has 0 atom stereocenters. The number of carbonyl (C=O) groups excluding carboxylic acids is 1. The molecule has 1 N–H and O–H groups in total. The number of pyridine rings is 1. The smallest absolute Gasteiger partial charge is 0.261 e. The molecule has 0 saturated heterocycles. The van der Waals surface area contributed by atoms with E-state index < -0.39 is 34.5 Å². The van der Waals surface area contributed by atoms with Gasteiger partial charge in [0.15, 0.2) is 11.6 Å². The zero-order valence-electron chi connectivity index (χ0n) is 16.6. The summed E-state index contributed by atoms with van der Waals surface area (Å²) in [6, 6.07) is 6.38. The van der Waals surface area contributed by atoms with Crippen molar-refractivity contribution in [2.75, 3.05) is 0 Å². The first-order chi connectivity index (χ1) is 14.7. The first-order valence-corrected chi connectivity index (χ1v) is 9.19. The lowest BCUT2D eigenvalue weighted by Crippen LogP contribution is -2.23. The Balaban J connectivity index is 1.88. The van der Waals surface area contributed by atoms with Crippen LogP contribution in [0.3, 0.4) is 0 Å². The van der Waals surface area contributed by atoms with Gasteiger partial charge >= 0.3 is 0 Å². The number of hydrogen-bond acceptors (Lipinski definition) is 3. The quantitative estimate of drug-likeness (QED) is 0.599. The Kier molecular flexibility index (Phi) is 6.43. The summed E-state index contributed by atoms with van der Waals surface area (Å²) in [5.74, 6) is -3.75. The van der Waals surface area contributed by atoms with E-state index in [1.807, 2.05) is 0 Å². The number of carbonyl (C=O) groups is 1. The maximum Gasteiger partial charge on any atom is 0.261 e. The molecule has 1 heterocycles. The number of halogens is 4. The topological polar surface area (TPSA) is 60.3 Å². The van der Waals surface area contributed by atoms with Gasteiger partial charge in [0.2, 0.25) is 5.91 Å². The van der Waals surface area contributed by atoms with Crippen LogP contribution in [-0.2, 0) is 17.9 Å². The van der Waals surface area contributed by atoms with Crippen LogP contribution >= 0.6 is 0 Å². The van der Waals surface area contributed by atoms with Crippen LogP contribution < -0.4 is 15.6 Å². The highest BCUT2D eigenvalue weighted by Crippen LogP contribution is 2.22. The fourth-order valence-electron chi connectivity index (χ4n) is 2.92. The van der Waals surface area contributed by atoms with E-state index in [2.05, 4.69) is 5.32 Å². The molecule has 3 rings (SSSR count). The molecular weight excluding hydrogens is 416 g/mol. The number of nitrogens with one attached hydrogen (secondary N) is 1. The van der Waals surface area contributed by atoms with E-state index in [1.165, 1.54) is 26.0 Å². The average molecular weight is 434 g/mol. The van der Waals surface area contributed by atoms with E-state index in [0.29, 0.717) is 6.07 Å². The summed E-state index contributed by atoms with van der Waals surface area (Å²) in [4.78, 5) is 23.7. The summed E-state index contributed by atoms with van der Waals surface area (Å²) in [6.45, 7) is 2.34. The summed E-state index contributed by atoms with van der Waals surface area (Å²) in [6.07, 6.45) is 1.14. The molecule has 1 amide bonds. The number of hydrogen-bond donors (Lipinski definition) is 1. The Morgan fingerprint density at radius 3 is 2.32 bits per heavy atom. The van der Waals surface area contributed by atoms with Gasteiger partial charge in [-0.1, -0.05) is 0 Å². The summed E-state index contributed by atoms with van der Waals surface area (Å²) < 4.78 is 62.1. The van der Waals surface area contributed by atoms with Crippen molar-refractivity contribution >= 4 is 5.91 Å². The van der Waals surface area contributed by atoms with Crippen LogP contribution in [0.5, 0.6) is 5.75 Å². The van der Waals surface area contributed by atoms with Gasteiger partial charge in [-0.15, -0.1) is 0 Å². The van der Waals surface area contributed by atoms with Crippen LogP contribution in [-0.4, -0.2) is 10.5 Å². The third-order valence-corrected chi connectivity index (χ3v) is 4.54. The molecule has 0 spiro atoms. The molecule has 0 bridgehead atoms. The van der Waals surface area contributed by atoms with Crippen molar-refractivity contribution in [1.82, 2.24) is 9.88 Å². The summed E-state index contributed by atoms with van der Waals surface area (Å²) in [7, 11) is 0. The molecule has 3 aromatic rings. The number of benzene rings is 2. The van der Waals surface area contributed by atoms with Gasteiger partial charge in [-0.2, -0.15) is 0 Å². The Hall–Kier alpha value is -3.62. The van der Waals surface area contributed by atoms with Crippen molar-refractivity contribution in [3.63, 3.8) is 0 Å². The van der Waals surface area contributed by atoms with E-state index in [1.54, 1.807) is 0 Å². The van der Waals surface area contributed by atoms with Gasteiger partial charge in [0.1, 0.15) is 29.7 Å².